The molecule has 1 aliphatic rings. The van der Waals surface area contributed by atoms with E-state index in [0.29, 0.717) is 17.0 Å². The van der Waals surface area contributed by atoms with Crippen molar-refractivity contribution in [3.05, 3.63) is 34.9 Å². The van der Waals surface area contributed by atoms with Crippen LogP contribution in [0.1, 0.15) is 31.4 Å². The molecule has 1 aliphatic heterocycles. The lowest BCUT2D eigenvalue weighted by atomic mass is 10.0. The topological polar surface area (TPSA) is 72.9 Å². The number of carbonyl (C=O) groups is 3. The third-order valence-electron chi connectivity index (χ3n) is 3.70. The molecule has 2 unspecified atom stereocenters. The SMILES string of the molecule is CCOC(=O)C(c1ccc(Cl)cc1)N1C(=O)CCC1C(=O)OC. The molecule has 1 amide bonds. The molecular weight excluding hydrogens is 322 g/mol. The number of carbonyl (C=O) groups excluding carboxylic acids is 3. The number of hydrogen-bond donors (Lipinski definition) is 0. The zero-order valence-electron chi connectivity index (χ0n) is 13.0. The molecule has 2 atom stereocenters. The van der Waals surface area contributed by atoms with Crippen molar-refractivity contribution in [2.24, 2.45) is 0 Å². The molecule has 6 nitrogen and oxygen atoms in total. The van der Waals surface area contributed by atoms with Crippen molar-refractivity contribution in [1.29, 1.82) is 0 Å². The molecule has 1 aromatic carbocycles. The highest BCUT2D eigenvalue weighted by atomic mass is 35.5. The van der Waals surface area contributed by atoms with Crippen LogP contribution in [0.15, 0.2) is 24.3 Å². The summed E-state index contributed by atoms with van der Waals surface area (Å²) in [5.41, 5.74) is 0.539. The maximum atomic E-state index is 12.4. The fourth-order valence-electron chi connectivity index (χ4n) is 2.67. The Hall–Kier alpha value is -2.08. The number of nitrogens with zero attached hydrogens (tertiary/aromatic N) is 1. The molecule has 0 N–H and O–H groups in total. The highest BCUT2D eigenvalue weighted by Gasteiger charge is 2.44. The summed E-state index contributed by atoms with van der Waals surface area (Å²) in [4.78, 5) is 37.9. The van der Waals surface area contributed by atoms with Crippen LogP contribution in [-0.2, 0) is 23.9 Å². The van der Waals surface area contributed by atoms with Gasteiger partial charge in [0.1, 0.15) is 6.04 Å². The van der Waals surface area contributed by atoms with E-state index in [1.165, 1.54) is 12.0 Å². The first-order valence-corrected chi connectivity index (χ1v) is 7.68. The summed E-state index contributed by atoms with van der Waals surface area (Å²) in [7, 11) is 1.25. The quantitative estimate of drug-likeness (QED) is 0.768. The normalized spacial score (nSPS) is 18.7. The Morgan fingerprint density at radius 1 is 1.35 bits per heavy atom. The third-order valence-corrected chi connectivity index (χ3v) is 3.95. The van der Waals surface area contributed by atoms with Crippen LogP contribution in [0, 0.1) is 0 Å². The number of esters is 2. The number of halogens is 1. The van der Waals surface area contributed by atoms with Gasteiger partial charge in [-0.15, -0.1) is 0 Å². The average Bonchev–Trinajstić information content (AvgIpc) is 2.91. The molecule has 1 heterocycles. The van der Waals surface area contributed by atoms with Gasteiger partial charge in [-0.05, 0) is 31.0 Å². The lowest BCUT2D eigenvalue weighted by Gasteiger charge is -2.30. The number of likely N-dealkylation sites (tertiary alicyclic amines) is 1. The molecule has 1 fully saturated rings. The molecule has 0 bridgehead atoms. The van der Waals surface area contributed by atoms with Gasteiger partial charge in [0, 0.05) is 11.4 Å². The minimum atomic E-state index is -0.994. The molecule has 7 heteroatoms. The van der Waals surface area contributed by atoms with Gasteiger partial charge in [0.05, 0.1) is 13.7 Å². The Morgan fingerprint density at radius 2 is 2.00 bits per heavy atom. The summed E-state index contributed by atoms with van der Waals surface area (Å²) in [6.07, 6.45) is 0.498. The van der Waals surface area contributed by atoms with E-state index in [9.17, 15) is 14.4 Å². The summed E-state index contributed by atoms with van der Waals surface area (Å²) in [6, 6.07) is 4.74. The number of ether oxygens (including phenoxy) is 2. The lowest BCUT2D eigenvalue weighted by molar-refractivity contribution is -0.160. The standard InChI is InChI=1S/C16H18ClNO5/c1-3-23-16(21)14(10-4-6-11(17)7-5-10)18-12(15(20)22-2)8-9-13(18)19/h4-7,12,14H,3,8-9H2,1-2H3. The van der Waals surface area contributed by atoms with Crippen LogP contribution in [0.3, 0.4) is 0 Å². The molecule has 0 aliphatic carbocycles. The van der Waals surface area contributed by atoms with Gasteiger partial charge in [-0.1, -0.05) is 23.7 Å². The summed E-state index contributed by atoms with van der Waals surface area (Å²) >= 11 is 5.88. The first-order chi connectivity index (χ1) is 11.0. The summed E-state index contributed by atoms with van der Waals surface area (Å²) in [6.45, 7) is 1.86. The Balaban J connectivity index is 2.42. The molecule has 2 rings (SSSR count). The van der Waals surface area contributed by atoms with E-state index in [1.54, 1.807) is 31.2 Å². The molecule has 0 radical (unpaired) electrons. The first-order valence-electron chi connectivity index (χ1n) is 7.30. The number of amides is 1. The Labute approximate surface area is 139 Å². The van der Waals surface area contributed by atoms with Crippen molar-refractivity contribution < 1.29 is 23.9 Å². The predicted octanol–water partition coefficient (Wildman–Crippen LogP) is 2.11. The van der Waals surface area contributed by atoms with Gasteiger partial charge in [-0.3, -0.25) is 4.79 Å². The van der Waals surface area contributed by atoms with Gasteiger partial charge >= 0.3 is 11.9 Å². The van der Waals surface area contributed by atoms with E-state index >= 15 is 0 Å². The number of methoxy groups -OCH3 is 1. The molecule has 0 aromatic heterocycles. The highest BCUT2D eigenvalue weighted by Crippen LogP contribution is 2.32. The van der Waals surface area contributed by atoms with Crippen LogP contribution in [0.5, 0.6) is 0 Å². The van der Waals surface area contributed by atoms with Crippen LogP contribution in [0.25, 0.3) is 0 Å². The smallest absolute Gasteiger partial charge is 0.333 e. The van der Waals surface area contributed by atoms with Crippen molar-refractivity contribution in [2.75, 3.05) is 13.7 Å². The summed E-state index contributed by atoms with van der Waals surface area (Å²) < 4.78 is 9.84. The molecule has 0 saturated carbocycles. The Bertz CT molecular complexity index is 601. The fraction of sp³-hybridized carbons (Fsp3) is 0.438. The molecule has 0 spiro atoms. The van der Waals surface area contributed by atoms with E-state index < -0.39 is 24.0 Å². The molecule has 23 heavy (non-hydrogen) atoms. The van der Waals surface area contributed by atoms with Crippen molar-refractivity contribution in [3.8, 4) is 0 Å². The second-order valence-electron chi connectivity index (χ2n) is 5.08. The number of benzene rings is 1. The lowest BCUT2D eigenvalue weighted by Crippen LogP contribution is -2.45. The summed E-state index contributed by atoms with van der Waals surface area (Å²) in [5.74, 6) is -1.41. The zero-order valence-corrected chi connectivity index (χ0v) is 13.7. The molecule has 124 valence electrons. The average molecular weight is 340 g/mol. The Morgan fingerprint density at radius 3 is 2.57 bits per heavy atom. The van der Waals surface area contributed by atoms with Crippen LogP contribution in [0.2, 0.25) is 5.02 Å². The van der Waals surface area contributed by atoms with Gasteiger partial charge in [0.15, 0.2) is 6.04 Å². The highest BCUT2D eigenvalue weighted by molar-refractivity contribution is 6.30. The van der Waals surface area contributed by atoms with Gasteiger partial charge in [0.2, 0.25) is 5.91 Å². The largest absolute Gasteiger partial charge is 0.467 e. The van der Waals surface area contributed by atoms with Crippen molar-refractivity contribution in [3.63, 3.8) is 0 Å². The second kappa shape index (κ2) is 7.46. The number of hydrogen-bond acceptors (Lipinski definition) is 5. The van der Waals surface area contributed by atoms with Crippen LogP contribution in [0.4, 0.5) is 0 Å². The van der Waals surface area contributed by atoms with Crippen molar-refractivity contribution in [1.82, 2.24) is 4.90 Å². The monoisotopic (exact) mass is 339 g/mol. The van der Waals surface area contributed by atoms with E-state index in [4.69, 9.17) is 21.1 Å². The van der Waals surface area contributed by atoms with Crippen molar-refractivity contribution in [2.45, 2.75) is 31.8 Å². The maximum absolute atomic E-state index is 12.4. The first kappa shape index (κ1) is 17.3. The van der Waals surface area contributed by atoms with Crippen LogP contribution >= 0.6 is 11.6 Å². The molecule has 1 saturated heterocycles. The zero-order chi connectivity index (χ0) is 17.0. The minimum absolute atomic E-state index is 0.174. The number of rotatable bonds is 5. The van der Waals surface area contributed by atoms with Crippen LogP contribution in [-0.4, -0.2) is 42.5 Å². The van der Waals surface area contributed by atoms with E-state index in [2.05, 4.69) is 0 Å². The van der Waals surface area contributed by atoms with Gasteiger partial charge in [0.25, 0.3) is 0 Å². The predicted molar refractivity (Wildman–Crippen MR) is 82.7 cm³/mol. The minimum Gasteiger partial charge on any atom is -0.467 e. The van der Waals surface area contributed by atoms with Gasteiger partial charge < -0.3 is 14.4 Å². The van der Waals surface area contributed by atoms with E-state index in [1.807, 2.05) is 0 Å². The molecular formula is C16H18ClNO5. The van der Waals surface area contributed by atoms with Crippen LogP contribution < -0.4 is 0 Å². The van der Waals surface area contributed by atoms with Gasteiger partial charge in [-0.2, -0.15) is 0 Å². The maximum Gasteiger partial charge on any atom is 0.333 e. The van der Waals surface area contributed by atoms with Gasteiger partial charge in [-0.25, -0.2) is 9.59 Å². The summed E-state index contributed by atoms with van der Waals surface area (Å²) in [5, 5.41) is 0.508. The van der Waals surface area contributed by atoms with E-state index in [0.717, 1.165) is 0 Å². The van der Waals surface area contributed by atoms with Crippen molar-refractivity contribution >= 4 is 29.4 Å². The fourth-order valence-corrected chi connectivity index (χ4v) is 2.80. The Kier molecular flexibility index (Phi) is 5.60. The third kappa shape index (κ3) is 3.64. The molecule has 1 aromatic rings. The second-order valence-corrected chi connectivity index (χ2v) is 5.52. The van der Waals surface area contributed by atoms with E-state index in [-0.39, 0.29) is 18.9 Å².